The molecule has 0 aliphatic heterocycles. The fourth-order valence-electron chi connectivity index (χ4n) is 3.52. The topological polar surface area (TPSA) is 140 Å². The predicted octanol–water partition coefficient (Wildman–Crippen LogP) is 2.39. The SMILES string of the molecule is Cc1ccc(C[C@@H](CNCCN)NC(=O)OC(C)(C)C)cc1.Cc1ccc(C[C@H](N)CNCCN)cc1. The highest BCUT2D eigenvalue weighted by Crippen LogP contribution is 2.09. The van der Waals surface area contributed by atoms with Gasteiger partial charge in [-0.3, -0.25) is 0 Å². The Balaban J connectivity index is 0.000000397. The molecule has 1 amide bonds. The van der Waals surface area contributed by atoms with Gasteiger partial charge in [0, 0.05) is 51.4 Å². The summed E-state index contributed by atoms with van der Waals surface area (Å²) in [4.78, 5) is 12.0. The molecule has 8 heteroatoms. The Morgan fingerprint density at radius 3 is 1.73 bits per heavy atom. The van der Waals surface area contributed by atoms with Crippen LogP contribution < -0.4 is 33.2 Å². The van der Waals surface area contributed by atoms with Gasteiger partial charge in [-0.15, -0.1) is 0 Å². The molecule has 0 spiro atoms. The minimum atomic E-state index is -0.497. The van der Waals surface area contributed by atoms with Crippen molar-refractivity contribution in [2.75, 3.05) is 39.3 Å². The zero-order valence-electron chi connectivity index (χ0n) is 23.5. The van der Waals surface area contributed by atoms with Crippen LogP contribution in [-0.2, 0) is 17.6 Å². The van der Waals surface area contributed by atoms with E-state index in [1.165, 1.54) is 22.3 Å². The van der Waals surface area contributed by atoms with Gasteiger partial charge in [0.15, 0.2) is 0 Å². The van der Waals surface area contributed by atoms with Crippen molar-refractivity contribution in [2.45, 2.75) is 65.1 Å². The van der Waals surface area contributed by atoms with Gasteiger partial charge in [-0.25, -0.2) is 4.79 Å². The van der Waals surface area contributed by atoms with Crippen LogP contribution in [0.25, 0.3) is 0 Å². The molecule has 8 nitrogen and oxygen atoms in total. The Morgan fingerprint density at radius 1 is 0.811 bits per heavy atom. The first-order chi connectivity index (χ1) is 17.5. The van der Waals surface area contributed by atoms with E-state index in [-0.39, 0.29) is 18.2 Å². The lowest BCUT2D eigenvalue weighted by Crippen LogP contribution is -2.46. The predicted molar refractivity (Wildman–Crippen MR) is 155 cm³/mol. The average molecular weight is 515 g/mol. The smallest absolute Gasteiger partial charge is 0.407 e. The number of carbonyl (C=O) groups is 1. The van der Waals surface area contributed by atoms with E-state index in [9.17, 15) is 4.79 Å². The van der Waals surface area contributed by atoms with Crippen LogP contribution in [0, 0.1) is 13.8 Å². The third kappa shape index (κ3) is 16.8. The molecule has 37 heavy (non-hydrogen) atoms. The van der Waals surface area contributed by atoms with Gasteiger partial charge in [-0.05, 0) is 58.6 Å². The third-order valence-corrected chi connectivity index (χ3v) is 5.38. The maximum atomic E-state index is 12.0. The lowest BCUT2D eigenvalue weighted by atomic mass is 10.0. The van der Waals surface area contributed by atoms with Gasteiger partial charge >= 0.3 is 6.09 Å². The summed E-state index contributed by atoms with van der Waals surface area (Å²) in [6.45, 7) is 14.0. The van der Waals surface area contributed by atoms with Crippen molar-refractivity contribution in [3.63, 3.8) is 0 Å². The number of nitrogens with two attached hydrogens (primary N) is 3. The van der Waals surface area contributed by atoms with Crippen LogP contribution in [0.15, 0.2) is 48.5 Å². The van der Waals surface area contributed by atoms with Crippen molar-refractivity contribution in [3.05, 3.63) is 70.8 Å². The van der Waals surface area contributed by atoms with E-state index in [1.54, 1.807) is 0 Å². The Bertz CT molecular complexity index is 865. The normalized spacial score (nSPS) is 12.8. The molecule has 2 aromatic rings. The summed E-state index contributed by atoms with van der Waals surface area (Å²) < 4.78 is 5.33. The van der Waals surface area contributed by atoms with E-state index in [1.807, 2.05) is 20.8 Å². The number of hydrogen-bond acceptors (Lipinski definition) is 7. The van der Waals surface area contributed by atoms with E-state index >= 15 is 0 Å². The Morgan fingerprint density at radius 2 is 1.27 bits per heavy atom. The van der Waals surface area contributed by atoms with Crippen LogP contribution in [0.5, 0.6) is 0 Å². The van der Waals surface area contributed by atoms with Crippen LogP contribution in [0.1, 0.15) is 43.0 Å². The molecule has 0 radical (unpaired) electrons. The van der Waals surface area contributed by atoms with E-state index in [0.717, 1.165) is 32.5 Å². The maximum Gasteiger partial charge on any atom is 0.407 e. The quantitative estimate of drug-likeness (QED) is 0.226. The molecule has 0 unspecified atom stereocenters. The molecule has 0 fully saturated rings. The number of ether oxygens (including phenoxy) is 1. The summed E-state index contributed by atoms with van der Waals surface area (Å²) in [5.74, 6) is 0. The van der Waals surface area contributed by atoms with Crippen molar-refractivity contribution in [2.24, 2.45) is 17.2 Å². The largest absolute Gasteiger partial charge is 0.444 e. The minimum Gasteiger partial charge on any atom is -0.444 e. The summed E-state index contributed by atoms with van der Waals surface area (Å²) in [5, 5.41) is 9.39. The van der Waals surface area contributed by atoms with Gasteiger partial charge in [-0.2, -0.15) is 0 Å². The fourth-order valence-corrected chi connectivity index (χ4v) is 3.52. The number of hydrogen-bond donors (Lipinski definition) is 6. The lowest BCUT2D eigenvalue weighted by Gasteiger charge is -2.24. The molecule has 2 aromatic carbocycles. The van der Waals surface area contributed by atoms with Crippen molar-refractivity contribution < 1.29 is 9.53 Å². The van der Waals surface area contributed by atoms with E-state index in [4.69, 9.17) is 21.9 Å². The second kappa shape index (κ2) is 17.9. The highest BCUT2D eigenvalue weighted by atomic mass is 16.6. The van der Waals surface area contributed by atoms with Gasteiger partial charge in [0.05, 0.1) is 0 Å². The average Bonchev–Trinajstić information content (AvgIpc) is 2.81. The Kier molecular flexibility index (Phi) is 15.7. The van der Waals surface area contributed by atoms with Crippen LogP contribution in [-0.4, -0.2) is 63.0 Å². The molecule has 2 rings (SSSR count). The Hall–Kier alpha value is -2.49. The van der Waals surface area contributed by atoms with Crippen LogP contribution in [0.4, 0.5) is 4.79 Å². The lowest BCUT2D eigenvalue weighted by molar-refractivity contribution is 0.0504. The second-order valence-corrected chi connectivity index (χ2v) is 10.5. The molecular weight excluding hydrogens is 464 g/mol. The van der Waals surface area contributed by atoms with Gasteiger partial charge in [0.25, 0.3) is 0 Å². The summed E-state index contributed by atoms with van der Waals surface area (Å²) in [5.41, 5.74) is 21.3. The van der Waals surface area contributed by atoms with Gasteiger partial charge < -0.3 is 37.9 Å². The molecule has 0 heterocycles. The van der Waals surface area contributed by atoms with E-state index in [2.05, 4.69) is 78.3 Å². The zero-order valence-corrected chi connectivity index (χ0v) is 23.5. The van der Waals surface area contributed by atoms with Crippen LogP contribution in [0.2, 0.25) is 0 Å². The number of benzene rings is 2. The molecule has 2 atom stereocenters. The number of amides is 1. The molecule has 208 valence electrons. The van der Waals surface area contributed by atoms with Crippen molar-refractivity contribution in [1.82, 2.24) is 16.0 Å². The molecular formula is C29H50N6O2. The first-order valence-corrected chi connectivity index (χ1v) is 13.2. The van der Waals surface area contributed by atoms with E-state index < -0.39 is 5.60 Å². The Labute approximate surface area is 224 Å². The second-order valence-electron chi connectivity index (χ2n) is 10.5. The number of rotatable bonds is 13. The molecule has 0 aliphatic carbocycles. The standard InChI is InChI=1S/C17H29N3O2.C12H21N3/c1-13-5-7-14(8-6-13)11-15(12-19-10-9-18)20-16(21)22-17(2,3)4;1-10-2-4-11(5-3-10)8-12(14)9-15-7-6-13/h5-8,15,19H,9-12,18H2,1-4H3,(H,20,21);2-5,12,15H,6-9,13-14H2,1H3/t15-;12-/m00/s1. The number of alkyl carbamates (subject to hydrolysis) is 1. The van der Waals surface area contributed by atoms with Crippen molar-refractivity contribution >= 4 is 6.09 Å². The summed E-state index contributed by atoms with van der Waals surface area (Å²) in [6.07, 6.45) is 1.27. The van der Waals surface area contributed by atoms with Gasteiger partial charge in [0.1, 0.15) is 5.60 Å². The third-order valence-electron chi connectivity index (χ3n) is 5.38. The maximum absolute atomic E-state index is 12.0. The fraction of sp³-hybridized carbons (Fsp3) is 0.552. The molecule has 0 aliphatic rings. The summed E-state index contributed by atoms with van der Waals surface area (Å²) >= 11 is 0. The number of carbonyl (C=O) groups excluding carboxylic acids is 1. The molecule has 9 N–H and O–H groups in total. The van der Waals surface area contributed by atoms with E-state index in [0.29, 0.717) is 19.6 Å². The summed E-state index contributed by atoms with van der Waals surface area (Å²) in [7, 11) is 0. The van der Waals surface area contributed by atoms with Gasteiger partial charge in [-0.1, -0.05) is 59.7 Å². The van der Waals surface area contributed by atoms with Crippen LogP contribution in [0.3, 0.4) is 0 Å². The number of aryl methyl sites for hydroxylation is 2. The molecule has 0 saturated heterocycles. The zero-order chi connectivity index (χ0) is 27.7. The van der Waals surface area contributed by atoms with Crippen molar-refractivity contribution in [3.8, 4) is 0 Å². The highest BCUT2D eigenvalue weighted by Gasteiger charge is 2.19. The minimum absolute atomic E-state index is 0.0379. The van der Waals surface area contributed by atoms with Crippen molar-refractivity contribution in [1.29, 1.82) is 0 Å². The van der Waals surface area contributed by atoms with Crippen LogP contribution >= 0.6 is 0 Å². The first kappa shape index (κ1) is 32.5. The van der Waals surface area contributed by atoms with Gasteiger partial charge in [0.2, 0.25) is 0 Å². The molecule has 0 aromatic heterocycles. The first-order valence-electron chi connectivity index (χ1n) is 13.2. The highest BCUT2D eigenvalue weighted by molar-refractivity contribution is 5.68. The summed E-state index contributed by atoms with van der Waals surface area (Å²) in [6, 6.07) is 17.0. The number of nitrogens with one attached hydrogen (secondary N) is 3. The molecule has 0 bridgehead atoms. The molecule has 0 saturated carbocycles. The monoisotopic (exact) mass is 514 g/mol.